The average molecular weight is 416 g/mol. The lowest BCUT2D eigenvalue weighted by Crippen LogP contribution is -2.48. The smallest absolute Gasteiger partial charge is 0.222 e. The molecule has 0 unspecified atom stereocenters. The van der Waals surface area contributed by atoms with Gasteiger partial charge < -0.3 is 9.88 Å². The van der Waals surface area contributed by atoms with Crippen LogP contribution in [0.4, 0.5) is 0 Å². The van der Waals surface area contributed by atoms with Crippen molar-refractivity contribution in [3.8, 4) is 0 Å². The Kier molecular flexibility index (Phi) is 5.90. The number of aryl methyl sites for hydroxylation is 1. The highest BCUT2D eigenvalue weighted by Crippen LogP contribution is 2.24. The first-order valence-corrected chi connectivity index (χ1v) is 10.3. The molecule has 1 N–H and O–H groups in total. The van der Waals surface area contributed by atoms with Crippen molar-refractivity contribution in [2.75, 3.05) is 26.2 Å². The maximum atomic E-state index is 12.6. The molecule has 0 radical (unpaired) electrons. The molecule has 4 rings (SSSR count). The molecule has 0 bridgehead atoms. The van der Waals surface area contributed by atoms with Crippen molar-refractivity contribution in [3.05, 3.63) is 69.8 Å². The lowest BCUT2D eigenvalue weighted by Gasteiger charge is -2.35. The Balaban J connectivity index is 1.27. The summed E-state index contributed by atoms with van der Waals surface area (Å²) >= 11 is 12.1. The highest BCUT2D eigenvalue weighted by atomic mass is 35.5. The van der Waals surface area contributed by atoms with Crippen LogP contribution >= 0.6 is 23.2 Å². The molecule has 1 amide bonds. The molecule has 0 aliphatic carbocycles. The number of aromatic nitrogens is 1. The van der Waals surface area contributed by atoms with Crippen LogP contribution in [0.5, 0.6) is 0 Å². The summed E-state index contributed by atoms with van der Waals surface area (Å²) in [6, 6.07) is 14.0. The van der Waals surface area contributed by atoms with Crippen LogP contribution in [0, 0.1) is 0 Å². The Morgan fingerprint density at radius 3 is 2.57 bits per heavy atom. The van der Waals surface area contributed by atoms with Crippen molar-refractivity contribution in [2.24, 2.45) is 0 Å². The number of nitrogens with zero attached hydrogens (tertiary/aromatic N) is 2. The molecule has 2 heterocycles. The van der Waals surface area contributed by atoms with Crippen LogP contribution in [0.1, 0.15) is 17.5 Å². The molecule has 3 aromatic rings. The van der Waals surface area contributed by atoms with Crippen LogP contribution in [0.3, 0.4) is 0 Å². The molecule has 0 saturated carbocycles. The topological polar surface area (TPSA) is 39.3 Å². The number of nitrogens with one attached hydrogen (secondary N) is 1. The van der Waals surface area contributed by atoms with E-state index >= 15 is 0 Å². The summed E-state index contributed by atoms with van der Waals surface area (Å²) in [5.74, 6) is 0.236. The number of benzene rings is 2. The van der Waals surface area contributed by atoms with Gasteiger partial charge in [0.25, 0.3) is 0 Å². The first-order valence-electron chi connectivity index (χ1n) is 9.59. The monoisotopic (exact) mass is 415 g/mol. The maximum Gasteiger partial charge on any atom is 0.222 e. The van der Waals surface area contributed by atoms with E-state index in [1.165, 1.54) is 10.9 Å². The van der Waals surface area contributed by atoms with Gasteiger partial charge >= 0.3 is 0 Å². The number of carbonyl (C=O) groups excluding carboxylic acids is 1. The Hall–Kier alpha value is -2.01. The number of fused-ring (bicyclic) bond motifs is 1. The van der Waals surface area contributed by atoms with E-state index in [-0.39, 0.29) is 5.91 Å². The van der Waals surface area contributed by atoms with Crippen LogP contribution in [0.25, 0.3) is 10.9 Å². The number of para-hydroxylation sites is 1. The van der Waals surface area contributed by atoms with Crippen molar-refractivity contribution >= 4 is 40.0 Å². The van der Waals surface area contributed by atoms with Crippen LogP contribution in [0.15, 0.2) is 48.7 Å². The first-order chi connectivity index (χ1) is 13.6. The third-order valence-electron chi connectivity index (χ3n) is 5.40. The van der Waals surface area contributed by atoms with E-state index in [1.807, 2.05) is 41.4 Å². The van der Waals surface area contributed by atoms with Crippen LogP contribution < -0.4 is 0 Å². The minimum Gasteiger partial charge on any atom is -0.361 e. The summed E-state index contributed by atoms with van der Waals surface area (Å²) in [6.07, 6.45) is 3.34. The van der Waals surface area contributed by atoms with Gasteiger partial charge in [-0.25, -0.2) is 0 Å². The van der Waals surface area contributed by atoms with E-state index in [0.717, 1.165) is 50.2 Å². The Labute approximate surface area is 175 Å². The summed E-state index contributed by atoms with van der Waals surface area (Å²) in [4.78, 5) is 20.3. The molecule has 4 nitrogen and oxygen atoms in total. The summed E-state index contributed by atoms with van der Waals surface area (Å²) in [7, 11) is 0. The van der Waals surface area contributed by atoms with Gasteiger partial charge in [-0.3, -0.25) is 9.69 Å². The molecule has 0 spiro atoms. The van der Waals surface area contributed by atoms with Gasteiger partial charge in [-0.05, 0) is 35.7 Å². The molecular formula is C22H23Cl2N3O. The zero-order chi connectivity index (χ0) is 19.5. The summed E-state index contributed by atoms with van der Waals surface area (Å²) in [5, 5.41) is 2.38. The Morgan fingerprint density at radius 1 is 1.00 bits per heavy atom. The van der Waals surface area contributed by atoms with Gasteiger partial charge in [0.05, 0.1) is 10.0 Å². The number of halogens is 2. The van der Waals surface area contributed by atoms with Gasteiger partial charge in [0, 0.05) is 56.2 Å². The molecule has 2 aromatic carbocycles. The Morgan fingerprint density at radius 2 is 1.79 bits per heavy atom. The molecule has 6 heteroatoms. The number of carbonyl (C=O) groups is 1. The summed E-state index contributed by atoms with van der Waals surface area (Å²) in [6.45, 7) is 4.12. The maximum absolute atomic E-state index is 12.6. The SMILES string of the molecule is O=C(CCc1c[nH]c2ccccc12)N1CCN(Cc2ccc(Cl)c(Cl)c2)CC1. The third kappa shape index (κ3) is 4.35. The van der Waals surface area contributed by atoms with Crippen LogP contribution in [-0.2, 0) is 17.8 Å². The van der Waals surface area contributed by atoms with Crippen LogP contribution in [-0.4, -0.2) is 46.9 Å². The second-order valence-corrected chi connectivity index (χ2v) is 8.08. The molecule has 0 atom stereocenters. The zero-order valence-corrected chi connectivity index (χ0v) is 17.1. The van der Waals surface area contributed by atoms with Gasteiger partial charge in [-0.1, -0.05) is 47.5 Å². The van der Waals surface area contributed by atoms with Gasteiger partial charge in [0.2, 0.25) is 5.91 Å². The minimum atomic E-state index is 0.236. The van der Waals surface area contributed by atoms with E-state index in [4.69, 9.17) is 23.2 Å². The predicted molar refractivity (Wildman–Crippen MR) is 115 cm³/mol. The van der Waals surface area contributed by atoms with Gasteiger partial charge in [0.1, 0.15) is 0 Å². The number of amides is 1. The van der Waals surface area contributed by atoms with Crippen molar-refractivity contribution in [1.29, 1.82) is 0 Å². The molecule has 1 fully saturated rings. The van der Waals surface area contributed by atoms with Gasteiger partial charge in [0.15, 0.2) is 0 Å². The standard InChI is InChI=1S/C22H23Cl2N3O/c23-19-7-5-16(13-20(19)24)15-26-9-11-27(12-10-26)22(28)8-6-17-14-25-21-4-2-1-3-18(17)21/h1-5,7,13-14,25H,6,8-12,15H2. The largest absolute Gasteiger partial charge is 0.361 e. The van der Waals surface area contributed by atoms with E-state index in [2.05, 4.69) is 22.0 Å². The van der Waals surface area contributed by atoms with Gasteiger partial charge in [-0.15, -0.1) is 0 Å². The van der Waals surface area contributed by atoms with E-state index in [1.54, 1.807) is 0 Å². The van der Waals surface area contributed by atoms with E-state index in [9.17, 15) is 4.79 Å². The minimum absolute atomic E-state index is 0.236. The fraction of sp³-hybridized carbons (Fsp3) is 0.318. The van der Waals surface area contributed by atoms with Crippen molar-refractivity contribution in [2.45, 2.75) is 19.4 Å². The predicted octanol–water partition coefficient (Wildman–Crippen LogP) is 4.75. The molecule has 146 valence electrons. The number of rotatable bonds is 5. The number of aromatic amines is 1. The van der Waals surface area contributed by atoms with Crippen molar-refractivity contribution in [1.82, 2.24) is 14.8 Å². The van der Waals surface area contributed by atoms with Crippen molar-refractivity contribution in [3.63, 3.8) is 0 Å². The molecular weight excluding hydrogens is 393 g/mol. The van der Waals surface area contributed by atoms with E-state index in [0.29, 0.717) is 16.5 Å². The number of hydrogen-bond donors (Lipinski definition) is 1. The third-order valence-corrected chi connectivity index (χ3v) is 6.14. The zero-order valence-electron chi connectivity index (χ0n) is 15.6. The summed E-state index contributed by atoms with van der Waals surface area (Å²) < 4.78 is 0. The average Bonchev–Trinajstić information content (AvgIpc) is 3.13. The summed E-state index contributed by atoms with van der Waals surface area (Å²) in [5.41, 5.74) is 3.48. The highest BCUT2D eigenvalue weighted by Gasteiger charge is 2.21. The first kappa shape index (κ1) is 19.3. The lowest BCUT2D eigenvalue weighted by atomic mass is 10.1. The van der Waals surface area contributed by atoms with Crippen molar-refractivity contribution < 1.29 is 4.79 Å². The normalized spacial score (nSPS) is 15.3. The lowest BCUT2D eigenvalue weighted by molar-refractivity contribution is -0.132. The van der Waals surface area contributed by atoms with E-state index < -0.39 is 0 Å². The second-order valence-electron chi connectivity index (χ2n) is 7.26. The van der Waals surface area contributed by atoms with Crippen LogP contribution in [0.2, 0.25) is 10.0 Å². The fourth-order valence-corrected chi connectivity index (χ4v) is 4.11. The fourth-order valence-electron chi connectivity index (χ4n) is 3.79. The number of piperazine rings is 1. The second kappa shape index (κ2) is 8.56. The molecule has 1 aliphatic heterocycles. The molecule has 1 aliphatic rings. The quantitative estimate of drug-likeness (QED) is 0.652. The molecule has 1 saturated heterocycles. The molecule has 28 heavy (non-hydrogen) atoms. The number of H-pyrrole nitrogens is 1. The van der Waals surface area contributed by atoms with Gasteiger partial charge in [-0.2, -0.15) is 0 Å². The highest BCUT2D eigenvalue weighted by molar-refractivity contribution is 6.42. The molecule has 1 aromatic heterocycles. The number of hydrogen-bond acceptors (Lipinski definition) is 2. The Bertz CT molecular complexity index is 977.